The maximum absolute atomic E-state index is 9.55. The van der Waals surface area contributed by atoms with E-state index in [-0.39, 0.29) is 11.5 Å². The number of phenolic OH excluding ortho intramolecular Hbond substituents is 2. The summed E-state index contributed by atoms with van der Waals surface area (Å²) in [4.78, 5) is 0. The highest BCUT2D eigenvalue weighted by Gasteiger charge is 2.12. The third-order valence-electron chi connectivity index (χ3n) is 3.56. The zero-order valence-electron chi connectivity index (χ0n) is 12.3. The van der Waals surface area contributed by atoms with E-state index in [1.54, 1.807) is 24.3 Å². The molecule has 0 aliphatic carbocycles. The molecular weight excluding hydrogens is 395 g/mol. The van der Waals surface area contributed by atoms with E-state index < -0.39 is 0 Å². The summed E-state index contributed by atoms with van der Waals surface area (Å²) in [5, 5.41) is 19.1. The lowest BCUT2D eigenvalue weighted by Crippen LogP contribution is -1.91. The summed E-state index contributed by atoms with van der Waals surface area (Å²) in [6.45, 7) is 0. The Morgan fingerprint density at radius 1 is 0.565 bits per heavy atom. The molecule has 114 valence electrons. The first-order valence-corrected chi connectivity index (χ1v) is 8.27. The zero-order chi connectivity index (χ0) is 16.2. The lowest BCUT2D eigenvalue weighted by atomic mass is 9.95. The van der Waals surface area contributed by atoms with Crippen molar-refractivity contribution in [2.24, 2.45) is 0 Å². The highest BCUT2D eigenvalue weighted by Crippen LogP contribution is 2.37. The van der Waals surface area contributed by atoms with Gasteiger partial charge in [0.2, 0.25) is 0 Å². The third kappa shape index (κ3) is 3.56. The monoisotopic (exact) mass is 410 g/mol. The van der Waals surface area contributed by atoms with Gasteiger partial charge in [-0.3, -0.25) is 0 Å². The molecule has 0 aliphatic heterocycles. The largest absolute Gasteiger partial charge is 0.508 e. The quantitative estimate of drug-likeness (QED) is 0.446. The highest BCUT2D eigenvalue weighted by atomic mass is 123. The molecule has 2 nitrogen and oxygen atoms in total. The maximum atomic E-state index is 9.55. The maximum Gasteiger partial charge on any atom is 0.115 e. The predicted molar refractivity (Wildman–Crippen MR) is 103 cm³/mol. The summed E-state index contributed by atoms with van der Waals surface area (Å²) in [6, 6.07) is 24.5. The molecule has 0 radical (unpaired) electrons. The second kappa shape index (κ2) is 6.87. The van der Waals surface area contributed by atoms with E-state index in [9.17, 15) is 10.2 Å². The summed E-state index contributed by atoms with van der Waals surface area (Å²) < 4.78 is 1.11. The second-order valence-electron chi connectivity index (χ2n) is 5.15. The minimum absolute atomic E-state index is 0.244. The van der Waals surface area contributed by atoms with Crippen molar-refractivity contribution in [3.63, 3.8) is 0 Å². The molecule has 3 aromatic carbocycles. The summed E-state index contributed by atoms with van der Waals surface area (Å²) in [5.41, 5.74) is 4.23. The van der Waals surface area contributed by atoms with E-state index in [0.717, 1.165) is 25.8 Å². The van der Waals surface area contributed by atoms with Crippen molar-refractivity contribution in [3.8, 4) is 11.5 Å². The molecule has 0 aromatic heterocycles. The molecule has 0 unspecified atom stereocenters. The van der Waals surface area contributed by atoms with Gasteiger partial charge in [-0.05, 0) is 63.5 Å². The van der Waals surface area contributed by atoms with Crippen LogP contribution < -0.4 is 0 Å². The Morgan fingerprint density at radius 2 is 1.00 bits per heavy atom. The number of hydrogen-bond donors (Lipinski definition) is 2. The Labute approximate surface area is 148 Å². The van der Waals surface area contributed by atoms with Crippen LogP contribution in [0.15, 0.2) is 78.9 Å². The lowest BCUT2D eigenvalue weighted by molar-refractivity contribution is 0.475. The van der Waals surface area contributed by atoms with Crippen molar-refractivity contribution in [3.05, 3.63) is 95.6 Å². The van der Waals surface area contributed by atoms with Crippen LogP contribution in [-0.4, -0.2) is 10.2 Å². The molecule has 0 fully saturated rings. The minimum atomic E-state index is 0.244. The molecule has 3 aromatic rings. The lowest BCUT2D eigenvalue weighted by Gasteiger charge is -2.13. The van der Waals surface area contributed by atoms with Crippen LogP contribution in [0.25, 0.3) is 9.15 Å². The highest BCUT2D eigenvalue weighted by molar-refractivity contribution is 14.1. The van der Waals surface area contributed by atoms with Crippen molar-refractivity contribution < 1.29 is 10.2 Å². The van der Waals surface area contributed by atoms with Crippen LogP contribution in [0.5, 0.6) is 11.5 Å². The molecule has 2 N–H and O–H groups in total. The predicted octanol–water partition coefficient (Wildman–Crippen LogP) is 5.45. The number of hydrogen-bond acceptors (Lipinski definition) is 2. The number of benzene rings is 3. The van der Waals surface area contributed by atoms with Crippen LogP contribution >= 0.6 is 22.6 Å². The fourth-order valence-corrected chi connectivity index (χ4v) is 3.39. The first-order valence-electron chi connectivity index (χ1n) is 7.19. The SMILES string of the molecule is Oc1ccc(C(=C([123I])c2ccccc2)c2ccc(O)cc2)cc1. The summed E-state index contributed by atoms with van der Waals surface area (Å²) in [6.07, 6.45) is 0. The average Bonchev–Trinajstić information content (AvgIpc) is 2.59. The molecule has 3 heteroatoms. The summed E-state index contributed by atoms with van der Waals surface area (Å²) in [7, 11) is 0. The molecule has 0 bridgehead atoms. The minimum Gasteiger partial charge on any atom is -0.508 e. The van der Waals surface area contributed by atoms with E-state index in [1.165, 1.54) is 0 Å². The molecule has 0 amide bonds. The van der Waals surface area contributed by atoms with E-state index in [2.05, 4.69) is 34.7 Å². The molecular formula is C20H15IO2. The Kier molecular flexibility index (Phi) is 4.67. The molecule has 0 aliphatic rings. The van der Waals surface area contributed by atoms with Gasteiger partial charge >= 0.3 is 0 Å². The van der Waals surface area contributed by atoms with Crippen LogP contribution in [0, 0.1) is 0 Å². The van der Waals surface area contributed by atoms with Crippen molar-refractivity contribution >= 4 is 31.7 Å². The van der Waals surface area contributed by atoms with Crippen LogP contribution in [0.4, 0.5) is 0 Å². The first-order chi connectivity index (χ1) is 11.1. The molecule has 0 heterocycles. The number of phenols is 2. The first kappa shape index (κ1) is 15.6. The van der Waals surface area contributed by atoms with Gasteiger partial charge in [0.25, 0.3) is 0 Å². The molecule has 0 saturated carbocycles. The van der Waals surface area contributed by atoms with Gasteiger partial charge in [0, 0.05) is 9.15 Å². The molecule has 0 saturated heterocycles. The standard InChI is InChI=1S/C20H15IO2/c21-20(16-4-2-1-3-5-16)19(14-6-10-17(22)11-7-14)15-8-12-18(23)13-9-15/h1-13,22-23H/i21-4. The van der Waals surface area contributed by atoms with E-state index >= 15 is 0 Å². The van der Waals surface area contributed by atoms with Crippen molar-refractivity contribution in [2.45, 2.75) is 0 Å². The normalized spacial score (nSPS) is 10.3. The van der Waals surface area contributed by atoms with Crippen LogP contribution in [0.3, 0.4) is 0 Å². The fraction of sp³-hybridized carbons (Fsp3) is 0. The van der Waals surface area contributed by atoms with E-state index in [1.807, 2.05) is 42.5 Å². The smallest absolute Gasteiger partial charge is 0.115 e. The van der Waals surface area contributed by atoms with Gasteiger partial charge in [-0.2, -0.15) is 0 Å². The third-order valence-corrected chi connectivity index (χ3v) is 4.72. The topological polar surface area (TPSA) is 40.5 Å². The van der Waals surface area contributed by atoms with Crippen LogP contribution in [0.2, 0.25) is 0 Å². The molecule has 3 rings (SSSR count). The van der Waals surface area contributed by atoms with Gasteiger partial charge in [0.1, 0.15) is 11.5 Å². The average molecular weight is 410 g/mol. The summed E-state index contributed by atoms with van der Waals surface area (Å²) >= 11 is 2.35. The second-order valence-corrected chi connectivity index (χ2v) is 6.23. The van der Waals surface area contributed by atoms with Gasteiger partial charge < -0.3 is 10.2 Å². The number of halogens is 1. The van der Waals surface area contributed by atoms with Crippen LogP contribution in [-0.2, 0) is 0 Å². The van der Waals surface area contributed by atoms with E-state index in [4.69, 9.17) is 0 Å². The molecule has 0 spiro atoms. The zero-order valence-corrected chi connectivity index (χ0v) is 14.4. The van der Waals surface area contributed by atoms with E-state index in [0.29, 0.717) is 0 Å². The van der Waals surface area contributed by atoms with Crippen molar-refractivity contribution in [1.82, 2.24) is 0 Å². The molecule has 23 heavy (non-hydrogen) atoms. The van der Waals surface area contributed by atoms with Gasteiger partial charge in [-0.25, -0.2) is 0 Å². The molecule has 0 atom stereocenters. The van der Waals surface area contributed by atoms with Gasteiger partial charge in [-0.1, -0.05) is 54.6 Å². The van der Waals surface area contributed by atoms with Crippen molar-refractivity contribution in [2.75, 3.05) is 0 Å². The Hall–Kier alpha value is -2.27. The Balaban J connectivity index is 2.21. The Bertz CT molecular complexity index is 772. The van der Waals surface area contributed by atoms with Crippen LogP contribution in [0.1, 0.15) is 16.7 Å². The number of rotatable bonds is 3. The van der Waals surface area contributed by atoms with Gasteiger partial charge in [0.15, 0.2) is 0 Å². The van der Waals surface area contributed by atoms with Gasteiger partial charge in [-0.15, -0.1) is 0 Å². The summed E-state index contributed by atoms with van der Waals surface area (Å²) in [5.74, 6) is 0.488. The Morgan fingerprint density at radius 3 is 1.43 bits per heavy atom. The fourth-order valence-electron chi connectivity index (χ4n) is 2.41. The number of aromatic hydroxyl groups is 2. The van der Waals surface area contributed by atoms with Gasteiger partial charge in [0.05, 0.1) is 0 Å². The van der Waals surface area contributed by atoms with Crippen molar-refractivity contribution in [1.29, 1.82) is 0 Å².